The molecule has 2 N–H and O–H groups in total. The molecule has 1 saturated heterocycles. The van der Waals surface area contributed by atoms with Gasteiger partial charge < -0.3 is 4.90 Å². The van der Waals surface area contributed by atoms with Crippen molar-refractivity contribution in [3.63, 3.8) is 0 Å². The Morgan fingerprint density at radius 3 is 2.50 bits per heavy atom. The molecule has 8 heteroatoms. The lowest BCUT2D eigenvalue weighted by atomic mass is 10.1. The number of hydrogen-bond donors (Lipinski definition) is 2. The van der Waals surface area contributed by atoms with Crippen molar-refractivity contribution in [3.8, 4) is 6.07 Å². The van der Waals surface area contributed by atoms with Crippen molar-refractivity contribution in [2.45, 2.75) is 19.3 Å². The van der Waals surface area contributed by atoms with Gasteiger partial charge in [0, 0.05) is 25.2 Å². The SMILES string of the molecule is N#CC(=NNc1ccc([N+](=O)[O-])cc1)C(=N)N1CCCCC1. The molecule has 1 aromatic carbocycles. The molecule has 1 aliphatic heterocycles. The molecule has 0 saturated carbocycles. The van der Waals surface area contributed by atoms with E-state index >= 15 is 0 Å². The first-order valence-corrected chi connectivity index (χ1v) is 6.94. The zero-order chi connectivity index (χ0) is 15.9. The minimum Gasteiger partial charge on any atom is -0.355 e. The third-order valence-electron chi connectivity index (χ3n) is 3.38. The fourth-order valence-corrected chi connectivity index (χ4v) is 2.18. The van der Waals surface area contributed by atoms with Crippen LogP contribution in [0, 0.1) is 26.9 Å². The third kappa shape index (κ3) is 3.79. The van der Waals surface area contributed by atoms with Gasteiger partial charge in [-0.05, 0) is 31.4 Å². The summed E-state index contributed by atoms with van der Waals surface area (Å²) in [6, 6.07) is 7.61. The van der Waals surface area contributed by atoms with E-state index in [2.05, 4.69) is 10.5 Å². The molecule has 1 aromatic rings. The molecule has 0 aromatic heterocycles. The number of anilines is 1. The van der Waals surface area contributed by atoms with Crippen molar-refractivity contribution in [3.05, 3.63) is 34.4 Å². The number of piperidine rings is 1. The van der Waals surface area contributed by atoms with E-state index in [1.54, 1.807) is 0 Å². The van der Waals surface area contributed by atoms with Crippen molar-refractivity contribution in [1.82, 2.24) is 4.90 Å². The molecule has 0 radical (unpaired) electrons. The Balaban J connectivity index is 2.04. The first kappa shape index (κ1) is 15.4. The van der Waals surface area contributed by atoms with Crippen LogP contribution >= 0.6 is 0 Å². The summed E-state index contributed by atoms with van der Waals surface area (Å²) in [7, 11) is 0. The lowest BCUT2D eigenvalue weighted by molar-refractivity contribution is -0.384. The molecular formula is C14H16N6O2. The zero-order valence-electron chi connectivity index (χ0n) is 12.0. The molecule has 1 fully saturated rings. The maximum Gasteiger partial charge on any atom is 0.269 e. The second-order valence-electron chi connectivity index (χ2n) is 4.88. The predicted octanol–water partition coefficient (Wildman–Crippen LogP) is 2.35. The van der Waals surface area contributed by atoms with Crippen molar-refractivity contribution in [2.24, 2.45) is 5.10 Å². The van der Waals surface area contributed by atoms with Crippen LogP contribution in [0.4, 0.5) is 11.4 Å². The van der Waals surface area contributed by atoms with Gasteiger partial charge in [-0.2, -0.15) is 10.4 Å². The molecule has 0 aliphatic carbocycles. The highest BCUT2D eigenvalue weighted by Gasteiger charge is 2.18. The Kier molecular flexibility index (Phi) is 5.03. The molecule has 1 aliphatic rings. The van der Waals surface area contributed by atoms with E-state index in [9.17, 15) is 10.1 Å². The molecule has 0 unspecified atom stereocenters. The maximum atomic E-state index is 10.6. The second-order valence-corrected chi connectivity index (χ2v) is 4.88. The fourth-order valence-electron chi connectivity index (χ4n) is 2.18. The van der Waals surface area contributed by atoms with Gasteiger partial charge in [-0.15, -0.1) is 0 Å². The Hall–Kier alpha value is -2.95. The number of nitro groups is 1. The lowest BCUT2D eigenvalue weighted by Gasteiger charge is -2.27. The summed E-state index contributed by atoms with van der Waals surface area (Å²) in [5.41, 5.74) is 3.16. The summed E-state index contributed by atoms with van der Waals surface area (Å²) in [4.78, 5) is 11.9. The quantitative estimate of drug-likeness (QED) is 0.383. The highest BCUT2D eigenvalue weighted by atomic mass is 16.6. The van der Waals surface area contributed by atoms with Crippen molar-refractivity contribution >= 4 is 22.9 Å². The number of rotatable bonds is 4. The number of likely N-dealkylation sites (tertiary alicyclic amines) is 1. The third-order valence-corrected chi connectivity index (χ3v) is 3.38. The van der Waals surface area contributed by atoms with Crippen LogP contribution in [0.25, 0.3) is 0 Å². The molecule has 0 atom stereocenters. The van der Waals surface area contributed by atoms with E-state index in [-0.39, 0.29) is 17.2 Å². The van der Waals surface area contributed by atoms with Gasteiger partial charge in [0.1, 0.15) is 6.07 Å². The second kappa shape index (κ2) is 7.17. The highest BCUT2D eigenvalue weighted by molar-refractivity contribution is 6.46. The van der Waals surface area contributed by atoms with Crippen LogP contribution in [-0.2, 0) is 0 Å². The average molecular weight is 300 g/mol. The van der Waals surface area contributed by atoms with Crippen LogP contribution in [0.5, 0.6) is 0 Å². The summed E-state index contributed by atoms with van der Waals surface area (Å²) in [6.07, 6.45) is 3.16. The molecule has 114 valence electrons. The van der Waals surface area contributed by atoms with Crippen LogP contribution in [0.1, 0.15) is 19.3 Å². The van der Waals surface area contributed by atoms with Crippen LogP contribution < -0.4 is 5.43 Å². The number of nitrogens with one attached hydrogen (secondary N) is 2. The van der Waals surface area contributed by atoms with Crippen molar-refractivity contribution in [1.29, 1.82) is 10.7 Å². The predicted molar refractivity (Wildman–Crippen MR) is 82.9 cm³/mol. The number of nitro benzene ring substituents is 1. The van der Waals surface area contributed by atoms with E-state index in [0.717, 1.165) is 32.4 Å². The van der Waals surface area contributed by atoms with Gasteiger partial charge in [0.25, 0.3) is 5.69 Å². The fraction of sp³-hybridized carbons (Fsp3) is 0.357. The molecule has 8 nitrogen and oxygen atoms in total. The smallest absolute Gasteiger partial charge is 0.269 e. The summed E-state index contributed by atoms with van der Waals surface area (Å²) in [5.74, 6) is 0.108. The molecule has 22 heavy (non-hydrogen) atoms. The first-order valence-electron chi connectivity index (χ1n) is 6.94. The number of non-ortho nitro benzene ring substituents is 1. The maximum absolute atomic E-state index is 10.6. The van der Waals surface area contributed by atoms with E-state index < -0.39 is 4.92 Å². The Morgan fingerprint density at radius 2 is 1.95 bits per heavy atom. The summed E-state index contributed by atoms with van der Waals surface area (Å²) in [5, 5.41) is 31.7. The van der Waals surface area contributed by atoms with Gasteiger partial charge >= 0.3 is 0 Å². The van der Waals surface area contributed by atoms with E-state index in [1.165, 1.54) is 24.3 Å². The Labute approximate surface area is 127 Å². The average Bonchev–Trinajstić information content (AvgIpc) is 2.56. The minimum absolute atomic E-state index is 0.000234. The summed E-state index contributed by atoms with van der Waals surface area (Å²) >= 11 is 0. The topological polar surface area (TPSA) is 118 Å². The van der Waals surface area contributed by atoms with E-state index in [0.29, 0.717) is 5.69 Å². The highest BCUT2D eigenvalue weighted by Crippen LogP contribution is 2.15. The Bertz CT molecular complexity index is 626. The van der Waals surface area contributed by atoms with E-state index in [1.807, 2.05) is 11.0 Å². The Morgan fingerprint density at radius 1 is 1.32 bits per heavy atom. The van der Waals surface area contributed by atoms with Gasteiger partial charge in [0.05, 0.1) is 10.6 Å². The molecule has 0 bridgehead atoms. The number of nitrogens with zero attached hydrogens (tertiary/aromatic N) is 4. The van der Waals surface area contributed by atoms with Gasteiger partial charge in [0.2, 0.25) is 5.71 Å². The number of benzene rings is 1. The number of nitriles is 1. The van der Waals surface area contributed by atoms with Crippen molar-refractivity contribution in [2.75, 3.05) is 18.5 Å². The monoisotopic (exact) mass is 300 g/mol. The molecule has 1 heterocycles. The van der Waals surface area contributed by atoms with Crippen LogP contribution in [-0.4, -0.2) is 34.5 Å². The standard InChI is InChI=1S/C14H16N6O2/c15-10-13(14(16)19-8-2-1-3-9-19)18-17-11-4-6-12(7-5-11)20(21)22/h4-7,16-17H,1-3,8-9H2. The van der Waals surface area contributed by atoms with Gasteiger partial charge in [-0.25, -0.2) is 0 Å². The minimum atomic E-state index is -0.486. The van der Waals surface area contributed by atoms with Crippen LogP contribution in [0.3, 0.4) is 0 Å². The number of hydrazone groups is 1. The molecular weight excluding hydrogens is 284 g/mol. The largest absolute Gasteiger partial charge is 0.355 e. The van der Waals surface area contributed by atoms with Crippen molar-refractivity contribution < 1.29 is 4.92 Å². The van der Waals surface area contributed by atoms with E-state index in [4.69, 9.17) is 10.7 Å². The van der Waals surface area contributed by atoms with Gasteiger partial charge in [-0.3, -0.25) is 20.9 Å². The lowest BCUT2D eigenvalue weighted by Crippen LogP contribution is -2.39. The van der Waals surface area contributed by atoms with Gasteiger partial charge in [-0.1, -0.05) is 0 Å². The normalized spacial score (nSPS) is 15.0. The van der Waals surface area contributed by atoms with Gasteiger partial charge in [0.15, 0.2) is 5.84 Å². The van der Waals surface area contributed by atoms with Crippen LogP contribution in [0.15, 0.2) is 29.4 Å². The zero-order valence-corrected chi connectivity index (χ0v) is 12.0. The van der Waals surface area contributed by atoms with Crippen LogP contribution in [0.2, 0.25) is 0 Å². The first-order chi connectivity index (χ1) is 10.6. The summed E-state index contributed by atoms with van der Waals surface area (Å²) < 4.78 is 0. The molecule has 2 rings (SSSR count). The molecule has 0 spiro atoms. The molecule has 0 amide bonds. The number of amidine groups is 1. The summed E-state index contributed by atoms with van der Waals surface area (Å²) in [6.45, 7) is 1.52. The number of hydrogen-bond acceptors (Lipinski definition) is 6.